The number of thiol groups is 1. The minimum atomic E-state index is 0.921. The van der Waals surface area contributed by atoms with Crippen LogP contribution < -0.4 is 0 Å². The highest BCUT2D eigenvalue weighted by molar-refractivity contribution is 9.08. The molecule has 0 N–H and O–H groups in total. The van der Waals surface area contributed by atoms with Crippen LogP contribution in [0.4, 0.5) is 0 Å². The molecular formula is C11H11BrS2. The van der Waals surface area contributed by atoms with E-state index >= 15 is 0 Å². The van der Waals surface area contributed by atoms with E-state index in [1.165, 1.54) is 21.2 Å². The second-order valence-corrected chi connectivity index (χ2v) is 5.57. The number of hydrogen-bond acceptors (Lipinski definition) is 2. The second-order valence-electron chi connectivity index (χ2n) is 3.20. The minimum Gasteiger partial charge on any atom is -0.133 e. The van der Waals surface area contributed by atoms with Gasteiger partial charge in [-0.15, -0.1) is 24.0 Å². The number of fused-ring (bicyclic) bond motifs is 1. The van der Waals surface area contributed by atoms with Crippen LogP contribution in [0, 0.1) is 0 Å². The first-order valence-electron chi connectivity index (χ1n) is 4.55. The van der Waals surface area contributed by atoms with Gasteiger partial charge in [0, 0.05) is 10.0 Å². The summed E-state index contributed by atoms with van der Waals surface area (Å²) in [4.78, 5) is 0. The standard InChI is InChI=1S/C11H11BrS2/c1-2-8-9-4-3-7(6-12)5-10(9)14-11(8)13/h3-5,13H,2,6H2,1H3. The lowest BCUT2D eigenvalue weighted by Crippen LogP contribution is -1.79. The molecular weight excluding hydrogens is 276 g/mol. The van der Waals surface area contributed by atoms with Crippen molar-refractivity contribution in [1.29, 1.82) is 0 Å². The normalized spacial score (nSPS) is 11.1. The summed E-state index contributed by atoms with van der Waals surface area (Å²) in [5.41, 5.74) is 2.71. The molecule has 2 aromatic rings. The molecule has 1 heterocycles. The Balaban J connectivity index is 2.68. The van der Waals surface area contributed by atoms with Crippen LogP contribution in [0.3, 0.4) is 0 Å². The van der Waals surface area contributed by atoms with E-state index in [1.54, 1.807) is 11.3 Å². The maximum Gasteiger partial charge on any atom is 0.0612 e. The molecule has 14 heavy (non-hydrogen) atoms. The molecule has 2 rings (SSSR count). The van der Waals surface area contributed by atoms with Crippen molar-refractivity contribution in [3.8, 4) is 0 Å². The van der Waals surface area contributed by atoms with E-state index in [4.69, 9.17) is 0 Å². The molecule has 0 saturated carbocycles. The average molecular weight is 287 g/mol. The van der Waals surface area contributed by atoms with Gasteiger partial charge in [-0.2, -0.15) is 0 Å². The zero-order valence-corrected chi connectivity index (χ0v) is 11.2. The summed E-state index contributed by atoms with van der Waals surface area (Å²) in [5.74, 6) is 0. The minimum absolute atomic E-state index is 0.921. The molecule has 3 heteroatoms. The largest absolute Gasteiger partial charge is 0.133 e. The summed E-state index contributed by atoms with van der Waals surface area (Å²) < 4.78 is 2.51. The Morgan fingerprint density at radius 2 is 2.21 bits per heavy atom. The molecule has 1 aromatic carbocycles. The van der Waals surface area contributed by atoms with Gasteiger partial charge in [0.25, 0.3) is 0 Å². The summed E-state index contributed by atoms with van der Waals surface area (Å²) in [7, 11) is 0. The Bertz CT molecular complexity index is 460. The van der Waals surface area contributed by atoms with Crippen molar-refractivity contribution in [3.63, 3.8) is 0 Å². The van der Waals surface area contributed by atoms with Gasteiger partial charge >= 0.3 is 0 Å². The fraction of sp³-hybridized carbons (Fsp3) is 0.273. The molecule has 0 radical (unpaired) electrons. The van der Waals surface area contributed by atoms with E-state index < -0.39 is 0 Å². The Labute approximate surface area is 102 Å². The third kappa shape index (κ3) is 1.73. The molecule has 0 amide bonds. The zero-order valence-electron chi connectivity index (χ0n) is 7.88. The van der Waals surface area contributed by atoms with Crippen molar-refractivity contribution in [3.05, 3.63) is 29.3 Å². The number of thiophene rings is 1. The van der Waals surface area contributed by atoms with Crippen molar-refractivity contribution in [2.75, 3.05) is 0 Å². The maximum atomic E-state index is 4.51. The molecule has 1 aromatic heterocycles. The topological polar surface area (TPSA) is 0 Å². The number of benzene rings is 1. The third-order valence-corrected chi connectivity index (χ3v) is 4.53. The summed E-state index contributed by atoms with van der Waals surface area (Å²) in [6, 6.07) is 6.63. The number of alkyl halides is 1. The smallest absolute Gasteiger partial charge is 0.0612 e. The molecule has 0 nitrogen and oxygen atoms in total. The van der Waals surface area contributed by atoms with Crippen LogP contribution in [0.5, 0.6) is 0 Å². The van der Waals surface area contributed by atoms with E-state index in [0.717, 1.165) is 16.0 Å². The first kappa shape index (κ1) is 10.5. The fourth-order valence-corrected chi connectivity index (χ4v) is 3.63. The van der Waals surface area contributed by atoms with Crippen LogP contribution in [-0.2, 0) is 11.8 Å². The predicted octanol–water partition coefficient (Wildman–Crippen LogP) is 4.65. The van der Waals surface area contributed by atoms with E-state index in [1.807, 2.05) is 0 Å². The van der Waals surface area contributed by atoms with Crippen molar-refractivity contribution >= 4 is 50.0 Å². The van der Waals surface area contributed by atoms with Crippen molar-refractivity contribution in [1.82, 2.24) is 0 Å². The summed E-state index contributed by atoms with van der Waals surface area (Å²) >= 11 is 9.75. The van der Waals surface area contributed by atoms with Crippen LogP contribution in [0.15, 0.2) is 22.4 Å². The van der Waals surface area contributed by atoms with Crippen molar-refractivity contribution in [2.24, 2.45) is 0 Å². The van der Waals surface area contributed by atoms with Crippen LogP contribution in [0.2, 0.25) is 0 Å². The third-order valence-electron chi connectivity index (χ3n) is 2.34. The lowest BCUT2D eigenvalue weighted by atomic mass is 10.1. The van der Waals surface area contributed by atoms with E-state index in [-0.39, 0.29) is 0 Å². The van der Waals surface area contributed by atoms with E-state index in [9.17, 15) is 0 Å². The molecule has 0 aliphatic carbocycles. The highest BCUT2D eigenvalue weighted by atomic mass is 79.9. The number of aryl methyl sites for hydroxylation is 1. The highest BCUT2D eigenvalue weighted by Crippen LogP contribution is 2.34. The molecule has 0 atom stereocenters. The van der Waals surface area contributed by atoms with Crippen LogP contribution in [-0.4, -0.2) is 0 Å². The molecule has 0 aliphatic rings. The van der Waals surface area contributed by atoms with Gasteiger partial charge in [-0.05, 0) is 29.0 Å². The van der Waals surface area contributed by atoms with E-state index in [2.05, 4.69) is 53.7 Å². The Hall–Kier alpha value is 0.01000. The Morgan fingerprint density at radius 3 is 2.86 bits per heavy atom. The SMILES string of the molecule is CCc1c(S)sc2cc(CBr)ccc12. The van der Waals surface area contributed by atoms with Crippen molar-refractivity contribution < 1.29 is 0 Å². The molecule has 0 spiro atoms. The zero-order chi connectivity index (χ0) is 10.1. The molecule has 0 aliphatic heterocycles. The second kappa shape index (κ2) is 4.25. The quantitative estimate of drug-likeness (QED) is 0.603. The first-order valence-corrected chi connectivity index (χ1v) is 6.94. The highest BCUT2D eigenvalue weighted by Gasteiger charge is 2.07. The molecule has 74 valence electrons. The van der Waals surface area contributed by atoms with Crippen LogP contribution in [0.25, 0.3) is 10.1 Å². The van der Waals surface area contributed by atoms with Crippen LogP contribution in [0.1, 0.15) is 18.1 Å². The number of rotatable bonds is 2. The van der Waals surface area contributed by atoms with Gasteiger partial charge in [-0.3, -0.25) is 0 Å². The summed E-state index contributed by atoms with van der Waals surface area (Å²) in [6.07, 6.45) is 1.06. The lowest BCUT2D eigenvalue weighted by Gasteiger charge is -1.97. The van der Waals surface area contributed by atoms with Gasteiger partial charge in [0.15, 0.2) is 0 Å². The fourth-order valence-electron chi connectivity index (χ4n) is 1.61. The monoisotopic (exact) mass is 286 g/mol. The average Bonchev–Trinajstić information content (AvgIpc) is 2.51. The Morgan fingerprint density at radius 1 is 1.43 bits per heavy atom. The van der Waals surface area contributed by atoms with Gasteiger partial charge < -0.3 is 0 Å². The van der Waals surface area contributed by atoms with Crippen molar-refractivity contribution in [2.45, 2.75) is 22.9 Å². The lowest BCUT2D eigenvalue weighted by molar-refractivity contribution is 1.13. The molecule has 0 bridgehead atoms. The van der Waals surface area contributed by atoms with E-state index in [0.29, 0.717) is 0 Å². The number of halogens is 1. The number of hydrogen-bond donors (Lipinski definition) is 1. The van der Waals surface area contributed by atoms with Gasteiger partial charge in [-0.25, -0.2) is 0 Å². The predicted molar refractivity (Wildman–Crippen MR) is 71.1 cm³/mol. The first-order chi connectivity index (χ1) is 6.76. The molecule has 0 saturated heterocycles. The molecule has 0 unspecified atom stereocenters. The van der Waals surface area contributed by atoms with Gasteiger partial charge in [-0.1, -0.05) is 35.0 Å². The van der Waals surface area contributed by atoms with Crippen LogP contribution >= 0.6 is 39.9 Å². The van der Waals surface area contributed by atoms with Gasteiger partial charge in [0.1, 0.15) is 0 Å². The maximum absolute atomic E-state index is 4.51. The summed E-state index contributed by atoms with van der Waals surface area (Å²) in [6.45, 7) is 2.18. The summed E-state index contributed by atoms with van der Waals surface area (Å²) in [5, 5.41) is 2.29. The molecule has 0 fully saturated rings. The van der Waals surface area contributed by atoms with Gasteiger partial charge in [0.05, 0.1) is 4.21 Å². The Kier molecular flexibility index (Phi) is 3.20. The van der Waals surface area contributed by atoms with Gasteiger partial charge in [0.2, 0.25) is 0 Å².